The zero-order valence-corrected chi connectivity index (χ0v) is 12.4. The van der Waals surface area contributed by atoms with Crippen LogP contribution in [-0.4, -0.2) is 35.0 Å². The number of carbonyl (C=O) groups excluding carboxylic acids is 1. The fourth-order valence-corrected chi connectivity index (χ4v) is 2.07. The van der Waals surface area contributed by atoms with Crippen molar-refractivity contribution >= 4 is 5.91 Å². The molecule has 2 heterocycles. The van der Waals surface area contributed by atoms with E-state index in [0.29, 0.717) is 17.0 Å². The summed E-state index contributed by atoms with van der Waals surface area (Å²) in [5.74, 6) is 0.490. The van der Waals surface area contributed by atoms with Gasteiger partial charge in [0.15, 0.2) is 5.76 Å². The predicted octanol–water partition coefficient (Wildman–Crippen LogP) is 3.11. The molecule has 2 aromatic heterocycles. The minimum absolute atomic E-state index is 0.0819. The molecule has 3 rings (SSSR count). The van der Waals surface area contributed by atoms with Crippen molar-refractivity contribution in [1.82, 2.24) is 15.0 Å². The first-order chi connectivity index (χ1) is 10.6. The van der Waals surface area contributed by atoms with Crippen LogP contribution in [0.5, 0.6) is 0 Å². The highest BCUT2D eigenvalue weighted by Gasteiger charge is 2.12. The van der Waals surface area contributed by atoms with E-state index >= 15 is 0 Å². The third kappa shape index (κ3) is 2.74. The van der Waals surface area contributed by atoms with Gasteiger partial charge in [-0.25, -0.2) is 0 Å². The third-order valence-corrected chi connectivity index (χ3v) is 3.25. The van der Waals surface area contributed by atoms with Gasteiger partial charge >= 0.3 is 0 Å². The van der Waals surface area contributed by atoms with E-state index < -0.39 is 0 Å². The van der Waals surface area contributed by atoms with Crippen molar-refractivity contribution in [3.05, 3.63) is 60.3 Å². The lowest BCUT2D eigenvalue weighted by Crippen LogP contribution is -2.21. The van der Waals surface area contributed by atoms with E-state index in [1.54, 1.807) is 32.4 Å². The van der Waals surface area contributed by atoms with Crippen LogP contribution in [0.2, 0.25) is 0 Å². The molecular formula is C17H15N3O2. The molecule has 0 radical (unpaired) electrons. The second-order valence-corrected chi connectivity index (χ2v) is 5.07. The Morgan fingerprint density at radius 3 is 2.45 bits per heavy atom. The van der Waals surface area contributed by atoms with Crippen LogP contribution in [0.3, 0.4) is 0 Å². The number of nitrogens with zero attached hydrogens (tertiary/aromatic N) is 3. The van der Waals surface area contributed by atoms with E-state index in [4.69, 9.17) is 4.52 Å². The molecule has 1 aromatic carbocycles. The van der Waals surface area contributed by atoms with Crippen LogP contribution < -0.4 is 0 Å². The summed E-state index contributed by atoms with van der Waals surface area (Å²) in [4.78, 5) is 17.6. The number of aromatic nitrogens is 2. The molecule has 0 bridgehead atoms. The van der Waals surface area contributed by atoms with Crippen LogP contribution in [0.4, 0.5) is 0 Å². The van der Waals surface area contributed by atoms with E-state index in [2.05, 4.69) is 10.1 Å². The Labute approximate surface area is 128 Å². The van der Waals surface area contributed by atoms with Crippen molar-refractivity contribution in [1.29, 1.82) is 0 Å². The highest BCUT2D eigenvalue weighted by Crippen LogP contribution is 2.24. The van der Waals surface area contributed by atoms with E-state index in [0.717, 1.165) is 11.3 Å². The molecule has 0 unspecified atom stereocenters. The van der Waals surface area contributed by atoms with Crippen LogP contribution in [-0.2, 0) is 0 Å². The topological polar surface area (TPSA) is 59.2 Å². The highest BCUT2D eigenvalue weighted by molar-refractivity contribution is 5.93. The summed E-state index contributed by atoms with van der Waals surface area (Å²) < 4.78 is 5.35. The summed E-state index contributed by atoms with van der Waals surface area (Å²) >= 11 is 0. The Kier molecular flexibility index (Phi) is 3.70. The van der Waals surface area contributed by atoms with Gasteiger partial charge in [-0.05, 0) is 12.1 Å². The van der Waals surface area contributed by atoms with Crippen LogP contribution in [0, 0.1) is 0 Å². The number of pyridine rings is 1. The van der Waals surface area contributed by atoms with Crippen molar-refractivity contribution in [3.63, 3.8) is 0 Å². The SMILES string of the molecule is CN(C)C(=O)c1ccc(-c2cc(-c3ccccc3)no2)nc1. The van der Waals surface area contributed by atoms with Gasteiger partial charge in [-0.15, -0.1) is 0 Å². The van der Waals surface area contributed by atoms with Gasteiger partial charge in [0.1, 0.15) is 11.4 Å². The third-order valence-electron chi connectivity index (χ3n) is 3.25. The first-order valence-corrected chi connectivity index (χ1v) is 6.85. The lowest BCUT2D eigenvalue weighted by atomic mass is 10.1. The Morgan fingerprint density at radius 1 is 1.05 bits per heavy atom. The molecule has 5 nitrogen and oxygen atoms in total. The number of hydrogen-bond acceptors (Lipinski definition) is 4. The summed E-state index contributed by atoms with van der Waals surface area (Å²) in [6, 6.07) is 15.1. The molecule has 22 heavy (non-hydrogen) atoms. The number of hydrogen-bond donors (Lipinski definition) is 0. The number of benzene rings is 1. The van der Waals surface area contributed by atoms with Crippen molar-refractivity contribution in [3.8, 4) is 22.7 Å². The van der Waals surface area contributed by atoms with Crippen molar-refractivity contribution in [2.45, 2.75) is 0 Å². The lowest BCUT2D eigenvalue weighted by Gasteiger charge is -2.09. The summed E-state index contributed by atoms with van der Waals surface area (Å²) in [7, 11) is 3.41. The normalized spacial score (nSPS) is 10.5. The fraction of sp³-hybridized carbons (Fsp3) is 0.118. The van der Waals surface area contributed by atoms with Gasteiger partial charge in [-0.1, -0.05) is 35.5 Å². The van der Waals surface area contributed by atoms with Gasteiger partial charge in [0.25, 0.3) is 5.91 Å². The summed E-state index contributed by atoms with van der Waals surface area (Å²) in [6.07, 6.45) is 1.54. The molecule has 0 fully saturated rings. The maximum Gasteiger partial charge on any atom is 0.254 e. The van der Waals surface area contributed by atoms with Gasteiger partial charge in [-0.2, -0.15) is 0 Å². The van der Waals surface area contributed by atoms with Gasteiger partial charge in [0.05, 0.1) is 5.56 Å². The molecule has 3 aromatic rings. The monoisotopic (exact) mass is 293 g/mol. The molecule has 110 valence electrons. The number of amides is 1. The van der Waals surface area contributed by atoms with Crippen molar-refractivity contribution < 1.29 is 9.32 Å². The summed E-state index contributed by atoms with van der Waals surface area (Å²) in [5.41, 5.74) is 2.92. The zero-order valence-electron chi connectivity index (χ0n) is 12.4. The summed E-state index contributed by atoms with van der Waals surface area (Å²) in [6.45, 7) is 0. The number of rotatable bonds is 3. The highest BCUT2D eigenvalue weighted by atomic mass is 16.5. The maximum atomic E-state index is 11.8. The molecule has 0 saturated carbocycles. The van der Waals surface area contributed by atoms with E-state index in [9.17, 15) is 4.79 Å². The smallest absolute Gasteiger partial charge is 0.254 e. The average Bonchev–Trinajstić information content (AvgIpc) is 3.05. The van der Waals surface area contributed by atoms with Crippen LogP contribution in [0.25, 0.3) is 22.7 Å². The van der Waals surface area contributed by atoms with Crippen LogP contribution >= 0.6 is 0 Å². The van der Waals surface area contributed by atoms with Gasteiger partial charge in [0, 0.05) is 31.9 Å². The standard InChI is InChI=1S/C17H15N3O2/c1-20(2)17(21)13-8-9-14(18-11-13)16-10-15(19-22-16)12-6-4-3-5-7-12/h3-11H,1-2H3. The molecule has 0 saturated heterocycles. The van der Waals surface area contributed by atoms with Gasteiger partial charge < -0.3 is 9.42 Å². The van der Waals surface area contributed by atoms with E-state index in [1.807, 2.05) is 36.4 Å². The molecule has 0 spiro atoms. The molecule has 0 aliphatic heterocycles. The van der Waals surface area contributed by atoms with Crippen molar-refractivity contribution in [2.24, 2.45) is 0 Å². The Morgan fingerprint density at radius 2 is 1.82 bits per heavy atom. The average molecular weight is 293 g/mol. The predicted molar refractivity (Wildman–Crippen MR) is 83.2 cm³/mol. The quantitative estimate of drug-likeness (QED) is 0.744. The Hall–Kier alpha value is -2.95. The fourth-order valence-electron chi connectivity index (χ4n) is 2.07. The molecule has 0 N–H and O–H groups in total. The zero-order chi connectivity index (χ0) is 15.5. The van der Waals surface area contributed by atoms with E-state index in [-0.39, 0.29) is 5.91 Å². The first kappa shape index (κ1) is 14.0. The van der Waals surface area contributed by atoms with Crippen LogP contribution in [0.15, 0.2) is 59.3 Å². The number of carbonyl (C=O) groups is 1. The molecular weight excluding hydrogens is 278 g/mol. The molecule has 0 aliphatic carbocycles. The van der Waals surface area contributed by atoms with Gasteiger partial charge in [0.2, 0.25) is 0 Å². The second-order valence-electron chi connectivity index (χ2n) is 5.07. The minimum Gasteiger partial charge on any atom is -0.354 e. The second kappa shape index (κ2) is 5.81. The van der Waals surface area contributed by atoms with Crippen LogP contribution in [0.1, 0.15) is 10.4 Å². The molecule has 1 amide bonds. The Balaban J connectivity index is 1.86. The van der Waals surface area contributed by atoms with E-state index in [1.165, 1.54) is 4.90 Å². The molecule has 0 aliphatic rings. The maximum absolute atomic E-state index is 11.8. The Bertz CT molecular complexity index is 777. The molecule has 5 heteroatoms. The van der Waals surface area contributed by atoms with Crippen molar-refractivity contribution in [2.75, 3.05) is 14.1 Å². The summed E-state index contributed by atoms with van der Waals surface area (Å²) in [5, 5.41) is 4.06. The largest absolute Gasteiger partial charge is 0.354 e. The lowest BCUT2D eigenvalue weighted by molar-refractivity contribution is 0.0827. The molecule has 0 atom stereocenters. The van der Waals surface area contributed by atoms with Gasteiger partial charge in [-0.3, -0.25) is 9.78 Å². The first-order valence-electron chi connectivity index (χ1n) is 6.85. The minimum atomic E-state index is -0.0819.